The van der Waals surface area contributed by atoms with Crippen molar-refractivity contribution in [3.63, 3.8) is 0 Å². The van der Waals surface area contributed by atoms with Crippen molar-refractivity contribution in [3.8, 4) is 5.75 Å². The van der Waals surface area contributed by atoms with Crippen LogP contribution in [0.1, 0.15) is 90.5 Å². The quantitative estimate of drug-likeness (QED) is 0.452. The molecule has 1 N–H and O–H groups in total. The summed E-state index contributed by atoms with van der Waals surface area (Å²) in [7, 11) is 0. The molecule has 3 heteroatoms. The van der Waals surface area contributed by atoms with E-state index in [1.54, 1.807) is 6.07 Å². The number of rotatable bonds is 4. The third kappa shape index (κ3) is 5.30. The Bertz CT molecular complexity index is 597. The predicted octanol–water partition coefficient (Wildman–Crippen LogP) is 6.85. The van der Waals surface area contributed by atoms with Crippen molar-refractivity contribution in [1.29, 1.82) is 0 Å². The van der Waals surface area contributed by atoms with Gasteiger partial charge in [-0.15, -0.1) is 0 Å². The van der Waals surface area contributed by atoms with Crippen LogP contribution in [0.25, 0.3) is 0 Å². The summed E-state index contributed by atoms with van der Waals surface area (Å²) in [4.78, 5) is 12.2. The van der Waals surface area contributed by atoms with E-state index in [1.165, 1.54) is 37.7 Å². The minimum absolute atomic E-state index is 0.182. The van der Waals surface area contributed by atoms with Gasteiger partial charge in [-0.2, -0.15) is 0 Å². The molecule has 28 heavy (non-hydrogen) atoms. The second-order valence-electron chi connectivity index (χ2n) is 9.39. The molecular weight excluding hydrogens is 348 g/mol. The molecule has 3 aliphatic rings. The van der Waals surface area contributed by atoms with Gasteiger partial charge in [0, 0.05) is 0 Å². The first-order chi connectivity index (χ1) is 13.6. The molecule has 3 saturated carbocycles. The molecule has 4 rings (SSSR count). The Morgan fingerprint density at radius 2 is 1.75 bits per heavy atom. The van der Waals surface area contributed by atoms with Gasteiger partial charge in [-0.1, -0.05) is 46.2 Å². The number of phenols is 1. The van der Waals surface area contributed by atoms with Crippen molar-refractivity contribution in [2.24, 2.45) is 23.7 Å². The minimum atomic E-state index is 0.182. The van der Waals surface area contributed by atoms with Gasteiger partial charge in [-0.05, 0) is 92.2 Å². The van der Waals surface area contributed by atoms with Gasteiger partial charge >= 0.3 is 0 Å². The monoisotopic (exact) mass is 388 g/mol. The lowest BCUT2D eigenvalue weighted by molar-refractivity contribution is -0.377. The van der Waals surface area contributed by atoms with Crippen molar-refractivity contribution < 1.29 is 14.9 Å². The van der Waals surface area contributed by atoms with Crippen LogP contribution in [-0.2, 0) is 9.78 Å². The Hall–Kier alpha value is -1.06. The first-order valence-electron chi connectivity index (χ1n) is 11.7. The van der Waals surface area contributed by atoms with Crippen LogP contribution in [0.3, 0.4) is 0 Å². The molecule has 1 aromatic carbocycles. The summed E-state index contributed by atoms with van der Waals surface area (Å²) in [6.07, 6.45) is 10.2. The average molecular weight is 389 g/mol. The molecule has 2 bridgehead atoms. The molecule has 3 aliphatic carbocycles. The lowest BCUT2D eigenvalue weighted by atomic mass is 9.64. The fraction of sp³-hybridized carbons (Fsp3) is 0.760. The van der Waals surface area contributed by atoms with Crippen molar-refractivity contribution in [3.05, 3.63) is 29.8 Å². The second kappa shape index (κ2) is 10.1. The highest BCUT2D eigenvalue weighted by Crippen LogP contribution is 2.46. The highest BCUT2D eigenvalue weighted by Gasteiger charge is 2.41. The Morgan fingerprint density at radius 3 is 2.54 bits per heavy atom. The highest BCUT2D eigenvalue weighted by atomic mass is 17.2. The summed E-state index contributed by atoms with van der Waals surface area (Å²) in [5.41, 5.74) is 1.23. The van der Waals surface area contributed by atoms with Crippen LogP contribution >= 0.6 is 0 Å². The first kappa shape index (κ1) is 21.6. The van der Waals surface area contributed by atoms with E-state index in [2.05, 4.69) is 19.9 Å². The number of fused-ring (bicyclic) bond motifs is 2. The maximum atomic E-state index is 9.76. The Kier molecular flexibility index (Phi) is 7.82. The standard InChI is InChI=1S/C23H34O3.C2H6/c1-15-9-17-11-16(2)23(20(10-15)12-17)26-25-22-8-4-6-19(14-22)18-5-3-7-21(24)13-18;1-2/h3,5,7,13,15-17,19-20,22-24H,4,6,8-12,14H2,1-2H3;1-2H3/t15?,16?,17?,19-,20?,22-,23?;/m1./s1. The van der Waals surface area contributed by atoms with E-state index in [0.717, 1.165) is 31.1 Å². The predicted molar refractivity (Wildman–Crippen MR) is 114 cm³/mol. The summed E-state index contributed by atoms with van der Waals surface area (Å²) in [5, 5.41) is 9.76. The van der Waals surface area contributed by atoms with Crippen LogP contribution in [0.2, 0.25) is 0 Å². The van der Waals surface area contributed by atoms with Gasteiger partial charge in [-0.3, -0.25) is 0 Å². The van der Waals surface area contributed by atoms with E-state index in [-0.39, 0.29) is 12.2 Å². The number of hydrogen-bond acceptors (Lipinski definition) is 3. The molecule has 0 heterocycles. The maximum absolute atomic E-state index is 9.76. The number of phenolic OH excluding ortho intramolecular Hbond substituents is 1. The number of aromatic hydroxyl groups is 1. The maximum Gasteiger partial charge on any atom is 0.115 e. The smallest absolute Gasteiger partial charge is 0.115 e. The summed E-state index contributed by atoms with van der Waals surface area (Å²) >= 11 is 0. The van der Waals surface area contributed by atoms with Crippen molar-refractivity contribution in [2.75, 3.05) is 0 Å². The summed E-state index contributed by atoms with van der Waals surface area (Å²) in [5.74, 6) is 3.85. The molecule has 0 saturated heterocycles. The fourth-order valence-corrected chi connectivity index (χ4v) is 6.02. The molecule has 3 nitrogen and oxygen atoms in total. The summed E-state index contributed by atoms with van der Waals surface area (Å²) in [6, 6.07) is 7.71. The Morgan fingerprint density at radius 1 is 0.929 bits per heavy atom. The number of benzene rings is 1. The van der Waals surface area contributed by atoms with Crippen molar-refractivity contribution >= 4 is 0 Å². The summed E-state index contributed by atoms with van der Waals surface area (Å²) < 4.78 is 0. The molecule has 7 atom stereocenters. The van der Waals surface area contributed by atoms with Gasteiger partial charge in [0.1, 0.15) is 5.75 Å². The molecule has 158 valence electrons. The average Bonchev–Trinajstić information content (AvgIpc) is 2.69. The van der Waals surface area contributed by atoms with Gasteiger partial charge in [0.05, 0.1) is 12.2 Å². The van der Waals surface area contributed by atoms with Gasteiger partial charge in [0.15, 0.2) is 0 Å². The van der Waals surface area contributed by atoms with E-state index in [9.17, 15) is 5.11 Å². The fourth-order valence-electron chi connectivity index (χ4n) is 6.02. The summed E-state index contributed by atoms with van der Waals surface area (Å²) in [6.45, 7) is 8.74. The molecule has 0 aromatic heterocycles. The van der Waals surface area contributed by atoms with Crippen LogP contribution < -0.4 is 0 Å². The number of hydrogen-bond donors (Lipinski definition) is 1. The second-order valence-corrected chi connectivity index (χ2v) is 9.39. The van der Waals surface area contributed by atoms with Crippen molar-refractivity contribution in [1.82, 2.24) is 0 Å². The molecule has 3 fully saturated rings. The van der Waals surface area contributed by atoms with E-state index in [4.69, 9.17) is 9.78 Å². The minimum Gasteiger partial charge on any atom is -0.508 e. The zero-order valence-corrected chi connectivity index (χ0v) is 18.3. The van der Waals surface area contributed by atoms with Gasteiger partial charge in [0.25, 0.3) is 0 Å². The van der Waals surface area contributed by atoms with Crippen LogP contribution in [0.15, 0.2) is 24.3 Å². The third-order valence-electron chi connectivity index (χ3n) is 7.08. The largest absolute Gasteiger partial charge is 0.508 e. The van der Waals surface area contributed by atoms with Crippen LogP contribution in [0, 0.1) is 23.7 Å². The lowest BCUT2D eigenvalue weighted by Gasteiger charge is -2.45. The highest BCUT2D eigenvalue weighted by molar-refractivity contribution is 5.30. The van der Waals surface area contributed by atoms with E-state index in [1.807, 2.05) is 26.0 Å². The molecule has 0 radical (unpaired) electrons. The zero-order valence-electron chi connectivity index (χ0n) is 18.3. The zero-order chi connectivity index (χ0) is 20.1. The van der Waals surface area contributed by atoms with Gasteiger partial charge < -0.3 is 5.11 Å². The topological polar surface area (TPSA) is 38.7 Å². The molecular formula is C25H40O3. The van der Waals surface area contributed by atoms with Gasteiger partial charge in [0.2, 0.25) is 0 Å². The molecule has 0 aliphatic heterocycles. The normalized spacial score (nSPS) is 37.6. The Balaban J connectivity index is 0.00000109. The van der Waals surface area contributed by atoms with E-state index >= 15 is 0 Å². The van der Waals surface area contributed by atoms with Crippen LogP contribution in [-0.4, -0.2) is 17.3 Å². The van der Waals surface area contributed by atoms with E-state index < -0.39 is 0 Å². The van der Waals surface area contributed by atoms with E-state index in [0.29, 0.717) is 23.5 Å². The third-order valence-corrected chi connectivity index (χ3v) is 7.08. The van der Waals surface area contributed by atoms with Gasteiger partial charge in [-0.25, -0.2) is 9.78 Å². The molecule has 0 spiro atoms. The molecule has 0 amide bonds. The molecule has 5 unspecified atom stereocenters. The van der Waals surface area contributed by atoms with Crippen LogP contribution in [0.5, 0.6) is 5.75 Å². The Labute approximate surface area is 171 Å². The lowest BCUT2D eigenvalue weighted by Crippen LogP contribution is -2.42. The first-order valence-corrected chi connectivity index (χ1v) is 11.7. The van der Waals surface area contributed by atoms with Crippen molar-refractivity contribution in [2.45, 2.75) is 97.2 Å². The molecule has 1 aromatic rings. The van der Waals surface area contributed by atoms with Crippen LogP contribution in [0.4, 0.5) is 0 Å². The SMILES string of the molecule is CC.CC1CC2CC(C)C(OO[C@@H]3CCC[C@@H](c4cccc(O)c4)C3)C(C1)C2.